The number of anilines is 1. The molecule has 20 heavy (non-hydrogen) atoms. The summed E-state index contributed by atoms with van der Waals surface area (Å²) in [5, 5.41) is 14.6. The molecule has 3 N–H and O–H groups in total. The normalized spacial score (nSPS) is 13.6. The third kappa shape index (κ3) is 5.96. The van der Waals surface area contributed by atoms with E-state index in [-0.39, 0.29) is 18.0 Å². The number of aromatic nitrogens is 2. The minimum atomic E-state index is -0.782. The predicted octanol–water partition coefficient (Wildman–Crippen LogP) is 2.25. The van der Waals surface area contributed by atoms with E-state index in [1.165, 1.54) is 0 Å². The van der Waals surface area contributed by atoms with Crippen molar-refractivity contribution in [2.75, 3.05) is 5.32 Å². The fraction of sp³-hybridized carbons (Fsp3) is 0.667. The van der Waals surface area contributed by atoms with Gasteiger partial charge in [-0.25, -0.2) is 9.78 Å². The van der Waals surface area contributed by atoms with Crippen molar-refractivity contribution >= 4 is 28.7 Å². The minimum Gasteiger partial charge on any atom is -0.481 e. The summed E-state index contributed by atoms with van der Waals surface area (Å²) < 4.78 is 3.97. The lowest BCUT2D eigenvalue weighted by atomic mass is 10.0. The Balaban J connectivity index is 2.23. The highest BCUT2D eigenvalue weighted by molar-refractivity contribution is 7.09. The maximum atomic E-state index is 11.7. The summed E-state index contributed by atoms with van der Waals surface area (Å²) in [4.78, 5) is 26.4. The zero-order valence-corrected chi connectivity index (χ0v) is 12.7. The summed E-state index contributed by atoms with van der Waals surface area (Å²) in [5.41, 5.74) is 0. The monoisotopic (exact) mass is 300 g/mol. The van der Waals surface area contributed by atoms with Crippen LogP contribution in [-0.2, 0) is 4.79 Å². The minimum absolute atomic E-state index is 0.0231. The van der Waals surface area contributed by atoms with E-state index in [0.717, 1.165) is 24.4 Å². The Bertz CT molecular complexity index is 463. The van der Waals surface area contributed by atoms with Crippen LogP contribution in [0.5, 0.6) is 0 Å². The molecule has 1 aromatic heterocycles. The van der Waals surface area contributed by atoms with E-state index in [1.807, 2.05) is 6.92 Å². The second-order valence-corrected chi connectivity index (χ2v) is 5.57. The molecule has 0 aliphatic rings. The number of amides is 2. The molecule has 8 heteroatoms. The maximum absolute atomic E-state index is 11.7. The first-order valence-electron chi connectivity index (χ1n) is 6.49. The van der Waals surface area contributed by atoms with Gasteiger partial charge >= 0.3 is 12.0 Å². The second kappa shape index (κ2) is 7.78. The number of rotatable bonds is 7. The van der Waals surface area contributed by atoms with E-state index in [2.05, 4.69) is 20.0 Å². The second-order valence-electron chi connectivity index (χ2n) is 4.82. The van der Waals surface area contributed by atoms with Crippen molar-refractivity contribution in [3.8, 4) is 0 Å². The van der Waals surface area contributed by atoms with Crippen LogP contribution in [0.1, 0.15) is 38.9 Å². The molecule has 0 saturated carbocycles. The molecular weight excluding hydrogens is 280 g/mol. The Hall–Kier alpha value is -1.70. The van der Waals surface area contributed by atoms with Crippen molar-refractivity contribution in [1.29, 1.82) is 0 Å². The summed E-state index contributed by atoms with van der Waals surface area (Å²) in [6.07, 6.45) is 2.10. The van der Waals surface area contributed by atoms with Crippen LogP contribution in [0.4, 0.5) is 9.93 Å². The molecule has 0 saturated heterocycles. The Morgan fingerprint density at radius 3 is 2.60 bits per heavy atom. The molecule has 0 bridgehead atoms. The van der Waals surface area contributed by atoms with Gasteiger partial charge in [0.1, 0.15) is 5.82 Å². The molecule has 1 heterocycles. The SMILES string of the molecule is Cc1nsc(NC(=O)NC(C)CCCC(C)C(=O)O)n1. The number of hydrogen-bond acceptors (Lipinski definition) is 5. The fourth-order valence-corrected chi connectivity index (χ4v) is 2.20. The van der Waals surface area contributed by atoms with Gasteiger partial charge in [-0.2, -0.15) is 4.37 Å². The maximum Gasteiger partial charge on any atom is 0.321 e. The Kier molecular flexibility index (Phi) is 6.37. The molecular formula is C12H20N4O3S. The van der Waals surface area contributed by atoms with Crippen molar-refractivity contribution in [2.45, 2.75) is 46.1 Å². The van der Waals surface area contributed by atoms with Crippen LogP contribution in [0.15, 0.2) is 0 Å². The van der Waals surface area contributed by atoms with Crippen molar-refractivity contribution < 1.29 is 14.7 Å². The number of carbonyl (C=O) groups excluding carboxylic acids is 1. The third-order valence-electron chi connectivity index (χ3n) is 2.82. The number of nitrogens with zero attached hydrogens (tertiary/aromatic N) is 2. The lowest BCUT2D eigenvalue weighted by molar-refractivity contribution is -0.141. The predicted molar refractivity (Wildman–Crippen MR) is 76.9 cm³/mol. The molecule has 2 amide bonds. The molecule has 0 radical (unpaired) electrons. The van der Waals surface area contributed by atoms with E-state index >= 15 is 0 Å². The van der Waals surface area contributed by atoms with Crippen LogP contribution in [0.2, 0.25) is 0 Å². The van der Waals surface area contributed by atoms with Gasteiger partial charge in [-0.05, 0) is 26.7 Å². The Morgan fingerprint density at radius 1 is 1.35 bits per heavy atom. The molecule has 1 aromatic rings. The molecule has 0 aromatic carbocycles. The van der Waals surface area contributed by atoms with Crippen molar-refractivity contribution in [1.82, 2.24) is 14.7 Å². The van der Waals surface area contributed by atoms with E-state index in [1.54, 1.807) is 13.8 Å². The smallest absolute Gasteiger partial charge is 0.321 e. The molecule has 1 rings (SSSR count). The van der Waals surface area contributed by atoms with Gasteiger partial charge in [0.25, 0.3) is 0 Å². The molecule has 0 aliphatic heterocycles. The lowest BCUT2D eigenvalue weighted by Gasteiger charge is -2.14. The Morgan fingerprint density at radius 2 is 2.05 bits per heavy atom. The molecule has 112 valence electrons. The molecule has 0 aliphatic carbocycles. The number of carboxylic acids is 1. The van der Waals surface area contributed by atoms with Crippen LogP contribution >= 0.6 is 11.5 Å². The average molecular weight is 300 g/mol. The highest BCUT2D eigenvalue weighted by atomic mass is 32.1. The lowest BCUT2D eigenvalue weighted by Crippen LogP contribution is -2.36. The first-order chi connectivity index (χ1) is 9.38. The number of hydrogen-bond donors (Lipinski definition) is 3. The molecule has 7 nitrogen and oxygen atoms in total. The van der Waals surface area contributed by atoms with E-state index in [0.29, 0.717) is 17.4 Å². The standard InChI is InChI=1S/C12H20N4O3S/c1-7(10(17)18)5-4-6-8(2)13-11(19)15-12-14-9(3)16-20-12/h7-8H,4-6H2,1-3H3,(H,17,18)(H2,13,14,15,16,19). The highest BCUT2D eigenvalue weighted by Crippen LogP contribution is 2.11. The van der Waals surface area contributed by atoms with Crippen molar-refractivity contribution in [3.05, 3.63) is 5.82 Å². The third-order valence-corrected chi connectivity index (χ3v) is 3.54. The van der Waals surface area contributed by atoms with Crippen LogP contribution in [0.25, 0.3) is 0 Å². The average Bonchev–Trinajstić information content (AvgIpc) is 2.73. The van der Waals surface area contributed by atoms with Crippen molar-refractivity contribution in [2.24, 2.45) is 5.92 Å². The van der Waals surface area contributed by atoms with Crippen LogP contribution in [0.3, 0.4) is 0 Å². The summed E-state index contributed by atoms with van der Waals surface area (Å²) >= 11 is 1.13. The highest BCUT2D eigenvalue weighted by Gasteiger charge is 2.13. The fourth-order valence-electron chi connectivity index (χ4n) is 1.63. The van der Waals surface area contributed by atoms with Gasteiger partial charge in [0.15, 0.2) is 0 Å². The molecule has 0 fully saturated rings. The van der Waals surface area contributed by atoms with Gasteiger partial charge in [0, 0.05) is 17.6 Å². The number of nitrogens with one attached hydrogen (secondary N) is 2. The van der Waals surface area contributed by atoms with Gasteiger partial charge in [-0.15, -0.1) is 0 Å². The number of carbonyl (C=O) groups is 2. The first-order valence-corrected chi connectivity index (χ1v) is 7.26. The number of aliphatic carboxylic acids is 1. The van der Waals surface area contributed by atoms with Gasteiger partial charge in [-0.1, -0.05) is 13.3 Å². The van der Waals surface area contributed by atoms with Crippen LogP contribution < -0.4 is 10.6 Å². The van der Waals surface area contributed by atoms with Gasteiger partial charge in [-0.3, -0.25) is 10.1 Å². The van der Waals surface area contributed by atoms with Crippen molar-refractivity contribution in [3.63, 3.8) is 0 Å². The largest absolute Gasteiger partial charge is 0.481 e. The molecule has 0 spiro atoms. The topological polar surface area (TPSA) is 104 Å². The first kappa shape index (κ1) is 16.4. The van der Waals surface area contributed by atoms with Gasteiger partial charge < -0.3 is 10.4 Å². The number of aryl methyl sites for hydroxylation is 1. The quantitative estimate of drug-likeness (QED) is 0.716. The van der Waals surface area contributed by atoms with Gasteiger partial charge in [0.2, 0.25) is 5.13 Å². The number of urea groups is 1. The van der Waals surface area contributed by atoms with E-state index in [4.69, 9.17) is 5.11 Å². The molecule has 2 unspecified atom stereocenters. The van der Waals surface area contributed by atoms with E-state index < -0.39 is 5.97 Å². The zero-order valence-electron chi connectivity index (χ0n) is 11.8. The summed E-state index contributed by atoms with van der Waals surface area (Å²) in [7, 11) is 0. The number of carboxylic acid groups (broad SMARTS) is 1. The summed E-state index contributed by atoms with van der Waals surface area (Å²) in [6, 6.07) is -0.343. The Labute approximate surface area is 122 Å². The van der Waals surface area contributed by atoms with Gasteiger partial charge in [0.05, 0.1) is 5.92 Å². The summed E-state index contributed by atoms with van der Waals surface area (Å²) in [6.45, 7) is 5.33. The van der Waals surface area contributed by atoms with Crippen LogP contribution in [0, 0.1) is 12.8 Å². The molecule has 2 atom stereocenters. The zero-order chi connectivity index (χ0) is 15.1. The summed E-state index contributed by atoms with van der Waals surface area (Å²) in [5.74, 6) is -0.503. The van der Waals surface area contributed by atoms with E-state index in [9.17, 15) is 9.59 Å². The van der Waals surface area contributed by atoms with Crippen LogP contribution in [-0.4, -0.2) is 32.5 Å².